The fourth-order valence-corrected chi connectivity index (χ4v) is 8.23. The van der Waals surface area contributed by atoms with Gasteiger partial charge < -0.3 is 49.7 Å². The van der Waals surface area contributed by atoms with Crippen molar-refractivity contribution in [2.45, 2.75) is 198 Å². The highest BCUT2D eigenvalue weighted by Crippen LogP contribution is 2.49. The summed E-state index contributed by atoms with van der Waals surface area (Å²) < 4.78 is 49.3. The normalized spacial score (nSPS) is 22.4. The van der Waals surface area contributed by atoms with Crippen LogP contribution in [0, 0.1) is 0 Å². The van der Waals surface area contributed by atoms with Crippen molar-refractivity contribution in [3.05, 3.63) is 85.1 Å². The van der Waals surface area contributed by atoms with Crippen molar-refractivity contribution in [1.29, 1.82) is 0 Å². The van der Waals surface area contributed by atoms with Crippen LogP contribution < -0.4 is 0 Å². The van der Waals surface area contributed by atoms with Crippen LogP contribution in [0.4, 0.5) is 0 Å². The van der Waals surface area contributed by atoms with Crippen molar-refractivity contribution >= 4 is 27.6 Å². The van der Waals surface area contributed by atoms with E-state index < -0.39 is 89.6 Å². The molecule has 68 heavy (non-hydrogen) atoms. The van der Waals surface area contributed by atoms with E-state index in [4.69, 9.17) is 18.5 Å². The first-order chi connectivity index (χ1) is 32.5. The molecule has 0 aromatic rings. The lowest BCUT2D eigenvalue weighted by molar-refractivity contribution is -0.216. The largest absolute Gasteiger partial charge is 0.472 e. The lowest BCUT2D eigenvalue weighted by Crippen LogP contribution is -2.64. The van der Waals surface area contributed by atoms with Gasteiger partial charge in [0.2, 0.25) is 0 Å². The van der Waals surface area contributed by atoms with E-state index in [-0.39, 0.29) is 12.8 Å². The van der Waals surface area contributed by atoms with E-state index in [1.807, 2.05) is 12.2 Å². The van der Waals surface area contributed by atoms with E-state index in [1.54, 1.807) is 24.3 Å². The Kier molecular flexibility index (Phi) is 36.1. The number of phosphoric acid groups is 2. The average molecular weight is 1010 g/mol. The highest BCUT2D eigenvalue weighted by atomic mass is 31.2. The van der Waals surface area contributed by atoms with E-state index in [9.17, 15) is 58.9 Å². The van der Waals surface area contributed by atoms with Gasteiger partial charge in [-0.2, -0.15) is 0 Å². The van der Waals surface area contributed by atoms with Gasteiger partial charge in [0.05, 0.1) is 12.7 Å². The van der Waals surface area contributed by atoms with Gasteiger partial charge in [0.25, 0.3) is 0 Å². The van der Waals surface area contributed by atoms with E-state index in [1.165, 1.54) is 38.5 Å². The van der Waals surface area contributed by atoms with Gasteiger partial charge in [-0.25, -0.2) is 9.13 Å². The van der Waals surface area contributed by atoms with Crippen LogP contribution in [-0.4, -0.2) is 114 Å². The first-order valence-corrected chi connectivity index (χ1v) is 27.3. The summed E-state index contributed by atoms with van der Waals surface area (Å²) >= 11 is 0. The van der Waals surface area contributed by atoms with E-state index in [0.717, 1.165) is 57.8 Å². The standard InChI is InChI=1S/C49H82O17P2/c1-3-5-7-9-11-13-14-15-16-17-18-19-20-22-24-28-32-36-42(51)62-38-41(39-63-68(60,61)66-49-46(55)44(53)45(54)48(47(49)56)65-67(57,58)59)64-43(52)37-33-29-25-27-31-35-40(50)34-30-26-23-21-12-10-8-6-4-2/h11-13,15-16,18-19,21,25-27,30-31,35,40-41,44-50,53-56H,3-10,14,17,20,22-24,28-29,32-34,36-39H2,1-2H3,(H,60,61)(H2,57,58,59)/b13-11-,16-15-,19-18-,21-12-,27-25+,30-26-,35-31-/t40?,41-,44?,45?,46?,47?,48-,49+/m1/s1. The van der Waals surface area contributed by atoms with Crippen LogP contribution in [0.2, 0.25) is 0 Å². The first-order valence-electron chi connectivity index (χ1n) is 24.2. The molecule has 0 aliphatic heterocycles. The molecule has 1 rings (SSSR count). The third kappa shape index (κ3) is 32.9. The lowest BCUT2D eigenvalue weighted by atomic mass is 9.85. The van der Waals surface area contributed by atoms with E-state index in [2.05, 4.69) is 67.0 Å². The zero-order valence-corrected chi connectivity index (χ0v) is 41.9. The van der Waals surface area contributed by atoms with E-state index >= 15 is 0 Å². The van der Waals surface area contributed by atoms with Crippen LogP contribution in [0.5, 0.6) is 0 Å². The number of aliphatic hydroxyl groups is 5. The molecule has 17 nitrogen and oxygen atoms in total. The van der Waals surface area contributed by atoms with Gasteiger partial charge in [-0.05, 0) is 83.5 Å². The number of aliphatic hydroxyl groups excluding tert-OH is 5. The van der Waals surface area contributed by atoms with Crippen LogP contribution in [0.15, 0.2) is 85.1 Å². The van der Waals surface area contributed by atoms with Gasteiger partial charge in [-0.1, -0.05) is 137 Å². The summed E-state index contributed by atoms with van der Waals surface area (Å²) in [6, 6.07) is 0. The van der Waals surface area contributed by atoms with Gasteiger partial charge in [-0.3, -0.25) is 23.2 Å². The molecule has 8 N–H and O–H groups in total. The highest BCUT2D eigenvalue weighted by Gasteiger charge is 2.54. The van der Waals surface area contributed by atoms with Crippen LogP contribution in [-0.2, 0) is 41.8 Å². The number of hydrogen-bond donors (Lipinski definition) is 8. The number of unbranched alkanes of at least 4 members (excludes halogenated alkanes) is 11. The molecule has 390 valence electrons. The number of ether oxygens (including phenoxy) is 2. The summed E-state index contributed by atoms with van der Waals surface area (Å²) in [5.41, 5.74) is 0. The zero-order valence-electron chi connectivity index (χ0n) is 40.1. The van der Waals surface area contributed by atoms with Crippen LogP contribution in [0.25, 0.3) is 0 Å². The molecule has 1 aliphatic carbocycles. The van der Waals surface area contributed by atoms with Crippen molar-refractivity contribution in [2.24, 2.45) is 0 Å². The molecule has 0 saturated heterocycles. The van der Waals surface area contributed by atoms with E-state index in [0.29, 0.717) is 25.7 Å². The summed E-state index contributed by atoms with van der Waals surface area (Å²) in [5, 5.41) is 51.4. The monoisotopic (exact) mass is 1000 g/mol. The minimum atomic E-state index is -5.39. The number of carbonyl (C=O) groups excluding carboxylic acids is 2. The number of esters is 2. The maximum absolute atomic E-state index is 13.0. The molecular formula is C49H82O17P2. The van der Waals surface area contributed by atoms with Crippen LogP contribution >= 0.6 is 15.6 Å². The average Bonchev–Trinajstić information content (AvgIpc) is 3.29. The predicted octanol–water partition coefficient (Wildman–Crippen LogP) is 8.36. The summed E-state index contributed by atoms with van der Waals surface area (Å²) in [4.78, 5) is 54.3. The minimum Gasteiger partial charge on any atom is -0.462 e. The molecule has 19 heteroatoms. The summed E-state index contributed by atoms with van der Waals surface area (Å²) in [6.07, 6.45) is 29.8. The fourth-order valence-electron chi connectivity index (χ4n) is 6.69. The highest BCUT2D eigenvalue weighted by molar-refractivity contribution is 7.47. The van der Waals surface area contributed by atoms with Gasteiger partial charge >= 0.3 is 27.6 Å². The molecule has 6 unspecified atom stereocenters. The molecule has 1 aliphatic rings. The Bertz CT molecular complexity index is 1650. The molecule has 0 aromatic heterocycles. The number of hydrogen-bond acceptors (Lipinski definition) is 14. The predicted molar refractivity (Wildman–Crippen MR) is 261 cm³/mol. The quantitative estimate of drug-likeness (QED) is 0.00944. The third-order valence-electron chi connectivity index (χ3n) is 10.5. The fraction of sp³-hybridized carbons (Fsp3) is 0.673. The van der Waals surface area contributed by atoms with Crippen LogP contribution in [0.3, 0.4) is 0 Å². The topological polar surface area (TPSA) is 276 Å². The Morgan fingerprint density at radius 2 is 1.04 bits per heavy atom. The minimum absolute atomic E-state index is 0.0612. The molecule has 0 aromatic carbocycles. The SMILES string of the molecule is CCCCC/C=C\C/C=C\C/C=C\CCCCCCC(=O)OC[C@H](COP(=O)(O)O[C@H]1C(O)C(O)C(O)[C@@H](OP(=O)(O)O)C1O)OC(=O)CCC/C=C/C=C\C(O)C/C=C\C/C=C\CCCCC. The van der Waals surface area contributed by atoms with Crippen molar-refractivity contribution in [3.63, 3.8) is 0 Å². The summed E-state index contributed by atoms with van der Waals surface area (Å²) in [5.74, 6) is -1.37. The summed E-state index contributed by atoms with van der Waals surface area (Å²) in [7, 11) is -10.7. The van der Waals surface area contributed by atoms with Crippen molar-refractivity contribution in [1.82, 2.24) is 0 Å². The Morgan fingerprint density at radius 1 is 0.544 bits per heavy atom. The Balaban J connectivity index is 2.69. The lowest BCUT2D eigenvalue weighted by Gasteiger charge is -2.43. The second-order valence-electron chi connectivity index (χ2n) is 16.7. The second kappa shape index (κ2) is 38.8. The third-order valence-corrected chi connectivity index (χ3v) is 12.0. The van der Waals surface area contributed by atoms with Crippen molar-refractivity contribution < 1.29 is 82.0 Å². The Labute approximate surface area is 404 Å². The molecule has 0 radical (unpaired) electrons. The van der Waals surface area contributed by atoms with Crippen molar-refractivity contribution in [2.75, 3.05) is 13.2 Å². The number of phosphoric ester groups is 2. The van der Waals surface area contributed by atoms with Crippen molar-refractivity contribution in [3.8, 4) is 0 Å². The molecule has 9 atom stereocenters. The maximum atomic E-state index is 13.0. The smallest absolute Gasteiger partial charge is 0.462 e. The molecule has 1 saturated carbocycles. The molecule has 0 amide bonds. The van der Waals surface area contributed by atoms with Gasteiger partial charge in [0, 0.05) is 12.8 Å². The molecule has 0 bridgehead atoms. The molecular weight excluding hydrogens is 922 g/mol. The number of rotatable bonds is 39. The van der Waals surface area contributed by atoms with Crippen LogP contribution in [0.1, 0.15) is 149 Å². The molecule has 1 fully saturated rings. The summed E-state index contributed by atoms with van der Waals surface area (Å²) in [6.45, 7) is 2.90. The van der Waals surface area contributed by atoms with Gasteiger partial charge in [0.1, 0.15) is 43.2 Å². The Hall–Kier alpha value is -2.86. The Morgan fingerprint density at radius 3 is 1.62 bits per heavy atom. The zero-order chi connectivity index (χ0) is 50.5. The molecule has 0 heterocycles. The first kappa shape index (κ1) is 63.2. The number of allylic oxidation sites excluding steroid dienone is 12. The maximum Gasteiger partial charge on any atom is 0.472 e. The number of carbonyl (C=O) groups is 2. The van der Waals surface area contributed by atoms with Gasteiger partial charge in [0.15, 0.2) is 6.10 Å². The second-order valence-corrected chi connectivity index (χ2v) is 19.3. The molecule has 0 spiro atoms. The van der Waals surface area contributed by atoms with Gasteiger partial charge in [-0.15, -0.1) is 0 Å².